The number of rotatable bonds is 5. The third-order valence-corrected chi connectivity index (χ3v) is 6.35. The number of ether oxygens (including phenoxy) is 1. The van der Waals surface area contributed by atoms with Gasteiger partial charge in [-0.2, -0.15) is 10.2 Å². The van der Waals surface area contributed by atoms with Crippen molar-refractivity contribution in [2.45, 2.75) is 38.0 Å². The van der Waals surface area contributed by atoms with Gasteiger partial charge in [0.1, 0.15) is 17.8 Å². The van der Waals surface area contributed by atoms with Gasteiger partial charge in [0, 0.05) is 31.9 Å². The van der Waals surface area contributed by atoms with Gasteiger partial charge in [-0.05, 0) is 43.2 Å². The van der Waals surface area contributed by atoms with Crippen LogP contribution in [-0.2, 0) is 7.05 Å². The molecule has 1 saturated carbocycles. The third-order valence-electron chi connectivity index (χ3n) is 6.35. The molecule has 1 aliphatic carbocycles. The Balaban J connectivity index is 1.37. The van der Waals surface area contributed by atoms with E-state index in [0.717, 1.165) is 55.5 Å². The van der Waals surface area contributed by atoms with Gasteiger partial charge in [0.25, 0.3) is 0 Å². The van der Waals surface area contributed by atoms with Gasteiger partial charge in [-0.25, -0.2) is 9.50 Å². The molecule has 8 nitrogen and oxygen atoms in total. The Morgan fingerprint density at radius 2 is 2.24 bits per heavy atom. The average molecular weight is 394 g/mol. The molecule has 3 atom stereocenters. The van der Waals surface area contributed by atoms with Gasteiger partial charge in [0.05, 0.1) is 24.3 Å². The molecule has 5 rings (SSSR count). The van der Waals surface area contributed by atoms with Crippen molar-refractivity contribution in [3.63, 3.8) is 0 Å². The summed E-state index contributed by atoms with van der Waals surface area (Å²) in [5.74, 6) is 0.617. The second-order valence-corrected chi connectivity index (χ2v) is 8.35. The van der Waals surface area contributed by atoms with E-state index >= 15 is 0 Å². The van der Waals surface area contributed by atoms with Crippen LogP contribution < -0.4 is 4.74 Å². The Morgan fingerprint density at radius 3 is 3.03 bits per heavy atom. The molecule has 1 aliphatic heterocycles. The molecule has 4 heterocycles. The molecule has 0 amide bonds. The summed E-state index contributed by atoms with van der Waals surface area (Å²) in [6, 6.07) is 1.93. The van der Waals surface area contributed by atoms with E-state index < -0.39 is 6.23 Å². The maximum Gasteiger partial charge on any atom is 0.240 e. The van der Waals surface area contributed by atoms with Gasteiger partial charge in [0.15, 0.2) is 0 Å². The molecular weight excluding hydrogens is 368 g/mol. The van der Waals surface area contributed by atoms with E-state index in [1.165, 1.54) is 0 Å². The Labute approximate surface area is 169 Å². The van der Waals surface area contributed by atoms with Crippen molar-refractivity contribution in [1.29, 1.82) is 0 Å². The number of fused-ring (bicyclic) bond motifs is 1. The van der Waals surface area contributed by atoms with Crippen LogP contribution in [0.4, 0.5) is 0 Å². The van der Waals surface area contributed by atoms with Crippen LogP contribution in [0.3, 0.4) is 0 Å². The molecule has 1 unspecified atom stereocenters. The zero-order valence-electron chi connectivity index (χ0n) is 16.6. The molecule has 3 aromatic heterocycles. The highest BCUT2D eigenvalue weighted by atomic mass is 16.5. The number of aliphatic hydroxyl groups excluding tert-OH is 1. The second kappa shape index (κ2) is 6.96. The predicted octanol–water partition coefficient (Wildman–Crippen LogP) is 2.26. The first-order chi connectivity index (χ1) is 14.0. The Hall–Kier alpha value is -2.71. The van der Waals surface area contributed by atoms with E-state index in [1.54, 1.807) is 23.2 Å². The van der Waals surface area contributed by atoms with E-state index in [-0.39, 0.29) is 11.5 Å². The summed E-state index contributed by atoms with van der Waals surface area (Å²) in [6.45, 7) is 5.51. The first-order valence-corrected chi connectivity index (χ1v) is 10.1. The fraction of sp³-hybridized carbons (Fsp3) is 0.476. The monoisotopic (exact) mass is 394 g/mol. The molecule has 2 fully saturated rings. The molecular formula is C21H26N6O2. The number of aliphatic hydroxyl groups is 1. The van der Waals surface area contributed by atoms with E-state index in [1.807, 2.05) is 30.0 Å². The highest BCUT2D eigenvalue weighted by Gasteiger charge is 2.46. The standard InChI is InChI=1S/C21H26N6O2/c1-3-19(28)26-9-7-21(14-26)6-4-16(10-21)29-20-18-5-8-22-27(18)13-17(24-20)15-11-23-25(2)12-15/h3,5,8,11-13,16,19,28H,1,4,6-7,9-10,14H2,2H3/t16-,19?,21+/m0/s1. The summed E-state index contributed by atoms with van der Waals surface area (Å²) in [7, 11) is 1.89. The van der Waals surface area contributed by atoms with Crippen LogP contribution in [0.2, 0.25) is 0 Å². The Kier molecular flexibility index (Phi) is 4.40. The number of aromatic nitrogens is 5. The first-order valence-electron chi connectivity index (χ1n) is 10.1. The van der Waals surface area contributed by atoms with Gasteiger partial charge >= 0.3 is 0 Å². The van der Waals surface area contributed by atoms with Crippen LogP contribution >= 0.6 is 0 Å². The molecule has 0 aromatic carbocycles. The number of hydrogen-bond acceptors (Lipinski definition) is 6. The van der Waals surface area contributed by atoms with Crippen molar-refractivity contribution < 1.29 is 9.84 Å². The van der Waals surface area contributed by atoms with Gasteiger partial charge in [-0.3, -0.25) is 9.58 Å². The lowest BCUT2D eigenvalue weighted by molar-refractivity contribution is 0.0503. The van der Waals surface area contributed by atoms with E-state index in [0.29, 0.717) is 5.88 Å². The minimum Gasteiger partial charge on any atom is -0.473 e. The molecule has 0 radical (unpaired) electrons. The van der Waals surface area contributed by atoms with Crippen molar-refractivity contribution in [3.05, 3.63) is 43.5 Å². The third kappa shape index (κ3) is 3.32. The first kappa shape index (κ1) is 18.3. The van der Waals surface area contributed by atoms with E-state index in [9.17, 15) is 5.11 Å². The molecule has 29 heavy (non-hydrogen) atoms. The van der Waals surface area contributed by atoms with Crippen LogP contribution in [0.1, 0.15) is 25.7 Å². The maximum absolute atomic E-state index is 10.1. The lowest BCUT2D eigenvalue weighted by Crippen LogP contribution is -2.33. The number of hydrogen-bond donors (Lipinski definition) is 1. The van der Waals surface area contributed by atoms with Crippen molar-refractivity contribution in [2.24, 2.45) is 12.5 Å². The van der Waals surface area contributed by atoms with Crippen LogP contribution in [0.5, 0.6) is 5.88 Å². The highest BCUT2D eigenvalue weighted by molar-refractivity contribution is 5.63. The molecule has 0 bridgehead atoms. The minimum absolute atomic E-state index is 0.117. The van der Waals surface area contributed by atoms with E-state index in [2.05, 4.69) is 21.7 Å². The zero-order valence-corrected chi connectivity index (χ0v) is 16.6. The van der Waals surface area contributed by atoms with Gasteiger partial charge in [-0.15, -0.1) is 0 Å². The van der Waals surface area contributed by atoms with E-state index in [4.69, 9.17) is 9.72 Å². The van der Waals surface area contributed by atoms with Gasteiger partial charge < -0.3 is 9.84 Å². The van der Waals surface area contributed by atoms with Crippen LogP contribution in [-0.4, -0.2) is 59.8 Å². The quantitative estimate of drug-likeness (QED) is 0.669. The Morgan fingerprint density at radius 1 is 1.34 bits per heavy atom. The summed E-state index contributed by atoms with van der Waals surface area (Å²) in [5.41, 5.74) is 2.81. The fourth-order valence-electron chi connectivity index (χ4n) is 4.81. The summed E-state index contributed by atoms with van der Waals surface area (Å²) in [4.78, 5) is 6.89. The molecule has 1 saturated heterocycles. The van der Waals surface area contributed by atoms with Crippen molar-refractivity contribution in [2.75, 3.05) is 13.1 Å². The number of nitrogens with zero attached hydrogens (tertiary/aromatic N) is 6. The van der Waals surface area contributed by atoms with Gasteiger partial charge in [-0.1, -0.05) is 6.58 Å². The normalized spacial score (nSPS) is 25.8. The van der Waals surface area contributed by atoms with Crippen LogP contribution in [0.15, 0.2) is 43.5 Å². The maximum atomic E-state index is 10.1. The topological polar surface area (TPSA) is 80.7 Å². The average Bonchev–Trinajstić information content (AvgIpc) is 3.50. The SMILES string of the molecule is C=CC(O)N1CC[C@@]2(CC[C@H](Oc3nc(-c4cnn(C)c4)cn4nccc34)C2)C1. The lowest BCUT2D eigenvalue weighted by atomic mass is 9.85. The number of aryl methyl sites for hydroxylation is 1. The van der Waals surface area contributed by atoms with Crippen LogP contribution in [0.25, 0.3) is 16.8 Å². The summed E-state index contributed by atoms with van der Waals surface area (Å²) in [6.07, 6.45) is 12.7. The zero-order chi connectivity index (χ0) is 20.0. The summed E-state index contributed by atoms with van der Waals surface area (Å²) >= 11 is 0. The van der Waals surface area contributed by atoms with Crippen molar-refractivity contribution in [3.8, 4) is 17.1 Å². The van der Waals surface area contributed by atoms with Crippen LogP contribution in [0, 0.1) is 5.41 Å². The second-order valence-electron chi connectivity index (χ2n) is 8.35. The molecule has 2 aliphatic rings. The minimum atomic E-state index is -0.557. The van der Waals surface area contributed by atoms with Crippen molar-refractivity contribution in [1.82, 2.24) is 29.3 Å². The summed E-state index contributed by atoms with van der Waals surface area (Å²) < 4.78 is 10.00. The smallest absolute Gasteiger partial charge is 0.240 e. The highest BCUT2D eigenvalue weighted by Crippen LogP contribution is 2.47. The molecule has 3 aromatic rings. The fourth-order valence-corrected chi connectivity index (χ4v) is 4.81. The van der Waals surface area contributed by atoms with Crippen molar-refractivity contribution >= 4 is 5.52 Å². The predicted molar refractivity (Wildman–Crippen MR) is 108 cm³/mol. The molecule has 8 heteroatoms. The molecule has 1 spiro atoms. The molecule has 152 valence electrons. The largest absolute Gasteiger partial charge is 0.473 e. The lowest BCUT2D eigenvalue weighted by Gasteiger charge is -2.25. The summed E-state index contributed by atoms with van der Waals surface area (Å²) in [5, 5.41) is 18.7. The number of likely N-dealkylation sites (tertiary alicyclic amines) is 1. The Bertz CT molecular complexity index is 1040. The molecule has 1 N–H and O–H groups in total. The van der Waals surface area contributed by atoms with Gasteiger partial charge in [0.2, 0.25) is 5.88 Å².